The molecule has 0 aliphatic rings. The number of amides is 1. The Morgan fingerprint density at radius 2 is 2.11 bits per heavy atom. The fourth-order valence-corrected chi connectivity index (χ4v) is 1.58. The first-order valence-electron chi connectivity index (χ1n) is 6.17. The van der Waals surface area contributed by atoms with E-state index in [1.165, 1.54) is 17.0 Å². The monoisotopic (exact) mass is 267 g/mol. The van der Waals surface area contributed by atoms with Crippen LogP contribution in [-0.2, 0) is 20.7 Å². The Labute approximate surface area is 112 Å². The Kier molecular flexibility index (Phi) is 5.99. The third kappa shape index (κ3) is 5.50. The number of carbonyl (C=O) groups is 2. The molecule has 0 N–H and O–H groups in total. The van der Waals surface area contributed by atoms with Gasteiger partial charge >= 0.3 is 5.97 Å². The molecule has 5 heteroatoms. The summed E-state index contributed by atoms with van der Waals surface area (Å²) in [4.78, 5) is 24.3. The standard InChI is InChI=1S/C14H18FNO3/c1-3-19-14(18)10-13(17)16(2)8-7-11-5-4-6-12(15)9-11/h4-6,9H,3,7-8,10H2,1-2H3. The number of benzene rings is 1. The highest BCUT2D eigenvalue weighted by Crippen LogP contribution is 2.05. The van der Waals surface area contributed by atoms with Crippen molar-refractivity contribution in [1.82, 2.24) is 4.90 Å². The van der Waals surface area contributed by atoms with E-state index in [2.05, 4.69) is 0 Å². The summed E-state index contributed by atoms with van der Waals surface area (Å²) < 4.78 is 17.7. The molecule has 0 saturated carbocycles. The highest BCUT2D eigenvalue weighted by molar-refractivity contribution is 5.94. The first kappa shape index (κ1) is 15.1. The fourth-order valence-electron chi connectivity index (χ4n) is 1.58. The highest BCUT2D eigenvalue weighted by Gasteiger charge is 2.14. The molecule has 0 aromatic heterocycles. The normalized spacial score (nSPS) is 10.1. The van der Waals surface area contributed by atoms with Crippen molar-refractivity contribution in [3.05, 3.63) is 35.6 Å². The third-order valence-electron chi connectivity index (χ3n) is 2.65. The molecule has 0 atom stereocenters. The van der Waals surface area contributed by atoms with E-state index in [0.717, 1.165) is 5.56 Å². The summed E-state index contributed by atoms with van der Waals surface area (Å²) in [5.74, 6) is -1.11. The van der Waals surface area contributed by atoms with Gasteiger partial charge in [-0.1, -0.05) is 12.1 Å². The summed E-state index contributed by atoms with van der Waals surface area (Å²) in [6.07, 6.45) is 0.288. The molecule has 1 rings (SSSR count). The number of rotatable bonds is 6. The van der Waals surface area contributed by atoms with E-state index < -0.39 is 5.97 Å². The van der Waals surface area contributed by atoms with Crippen LogP contribution in [-0.4, -0.2) is 37.0 Å². The van der Waals surface area contributed by atoms with Crippen molar-refractivity contribution in [1.29, 1.82) is 0 Å². The predicted molar refractivity (Wildman–Crippen MR) is 69.0 cm³/mol. The van der Waals surface area contributed by atoms with E-state index in [0.29, 0.717) is 13.0 Å². The van der Waals surface area contributed by atoms with Crippen molar-refractivity contribution in [3.8, 4) is 0 Å². The number of nitrogens with zero attached hydrogens (tertiary/aromatic N) is 1. The van der Waals surface area contributed by atoms with Gasteiger partial charge in [0.1, 0.15) is 12.2 Å². The Morgan fingerprint density at radius 1 is 1.37 bits per heavy atom. The van der Waals surface area contributed by atoms with Gasteiger partial charge in [-0.15, -0.1) is 0 Å². The van der Waals surface area contributed by atoms with Gasteiger partial charge in [0.2, 0.25) is 5.91 Å². The molecule has 1 amide bonds. The number of likely N-dealkylation sites (N-methyl/N-ethyl adjacent to an activating group) is 1. The van der Waals surface area contributed by atoms with Gasteiger partial charge in [0.05, 0.1) is 6.61 Å². The second-order valence-electron chi connectivity index (χ2n) is 4.18. The molecular formula is C14H18FNO3. The molecule has 4 nitrogen and oxygen atoms in total. The van der Waals surface area contributed by atoms with Crippen LogP contribution in [0.5, 0.6) is 0 Å². The molecule has 104 valence electrons. The zero-order chi connectivity index (χ0) is 14.3. The van der Waals surface area contributed by atoms with Crippen LogP contribution in [0.4, 0.5) is 4.39 Å². The minimum absolute atomic E-state index is 0.256. The van der Waals surface area contributed by atoms with Crippen molar-refractivity contribution in [2.24, 2.45) is 0 Å². The van der Waals surface area contributed by atoms with Crippen molar-refractivity contribution >= 4 is 11.9 Å². The molecule has 0 heterocycles. The van der Waals surface area contributed by atoms with E-state index >= 15 is 0 Å². The number of halogens is 1. The molecule has 1 aromatic carbocycles. The van der Waals surface area contributed by atoms with Crippen molar-refractivity contribution in [2.45, 2.75) is 19.8 Å². The molecule has 0 saturated heterocycles. The van der Waals surface area contributed by atoms with Crippen LogP contribution < -0.4 is 0 Å². The van der Waals surface area contributed by atoms with Gasteiger partial charge in [0, 0.05) is 13.6 Å². The van der Waals surface area contributed by atoms with Crippen LogP contribution in [0.3, 0.4) is 0 Å². The smallest absolute Gasteiger partial charge is 0.315 e. The van der Waals surface area contributed by atoms with Crippen LogP contribution in [0.15, 0.2) is 24.3 Å². The molecule has 0 aliphatic carbocycles. The topological polar surface area (TPSA) is 46.6 Å². The largest absolute Gasteiger partial charge is 0.466 e. The Hall–Kier alpha value is -1.91. The summed E-state index contributed by atoms with van der Waals surface area (Å²) in [7, 11) is 1.61. The van der Waals surface area contributed by atoms with Crippen LogP contribution in [0.2, 0.25) is 0 Å². The second-order valence-corrected chi connectivity index (χ2v) is 4.18. The average Bonchev–Trinajstić information content (AvgIpc) is 2.36. The summed E-state index contributed by atoms with van der Waals surface area (Å²) in [5.41, 5.74) is 0.816. The summed E-state index contributed by atoms with van der Waals surface area (Å²) in [6.45, 7) is 2.39. The van der Waals surface area contributed by atoms with Gasteiger partial charge in [-0.25, -0.2) is 4.39 Å². The van der Waals surface area contributed by atoms with Gasteiger partial charge < -0.3 is 9.64 Å². The maximum absolute atomic E-state index is 13.0. The summed E-state index contributed by atoms with van der Waals surface area (Å²) in [5, 5.41) is 0. The van der Waals surface area contributed by atoms with Crippen molar-refractivity contribution in [2.75, 3.05) is 20.2 Å². The summed E-state index contributed by atoms with van der Waals surface area (Å²) in [6, 6.07) is 6.24. The number of hydrogen-bond acceptors (Lipinski definition) is 3. The predicted octanol–water partition coefficient (Wildman–Crippen LogP) is 1.78. The van der Waals surface area contributed by atoms with Gasteiger partial charge in [-0.3, -0.25) is 9.59 Å². The van der Waals surface area contributed by atoms with Gasteiger partial charge in [0.15, 0.2) is 0 Å². The Morgan fingerprint density at radius 3 is 2.74 bits per heavy atom. The fraction of sp³-hybridized carbons (Fsp3) is 0.429. The Balaban J connectivity index is 2.40. The van der Waals surface area contributed by atoms with Gasteiger partial charge in [-0.05, 0) is 31.0 Å². The first-order valence-corrected chi connectivity index (χ1v) is 6.17. The quantitative estimate of drug-likeness (QED) is 0.583. The van der Waals surface area contributed by atoms with Crippen molar-refractivity contribution < 1.29 is 18.7 Å². The molecule has 0 radical (unpaired) electrons. The zero-order valence-corrected chi connectivity index (χ0v) is 11.2. The highest BCUT2D eigenvalue weighted by atomic mass is 19.1. The minimum Gasteiger partial charge on any atom is -0.466 e. The number of ether oxygens (including phenoxy) is 1. The van der Waals surface area contributed by atoms with Crippen LogP contribution >= 0.6 is 0 Å². The van der Waals surface area contributed by atoms with Crippen LogP contribution in [0.1, 0.15) is 18.9 Å². The lowest BCUT2D eigenvalue weighted by Gasteiger charge is -2.16. The molecule has 0 aliphatic heterocycles. The minimum atomic E-state index is -0.523. The van der Waals surface area contributed by atoms with E-state index in [1.54, 1.807) is 26.1 Å². The Bertz CT molecular complexity index is 448. The maximum atomic E-state index is 13.0. The van der Waals surface area contributed by atoms with Gasteiger partial charge in [-0.2, -0.15) is 0 Å². The number of esters is 1. The van der Waals surface area contributed by atoms with E-state index in [-0.39, 0.29) is 24.8 Å². The average molecular weight is 267 g/mol. The molecule has 19 heavy (non-hydrogen) atoms. The SMILES string of the molecule is CCOC(=O)CC(=O)N(C)CCc1cccc(F)c1. The number of carbonyl (C=O) groups excluding carboxylic acids is 2. The maximum Gasteiger partial charge on any atom is 0.315 e. The molecule has 0 spiro atoms. The lowest BCUT2D eigenvalue weighted by molar-refractivity contribution is -0.148. The van der Waals surface area contributed by atoms with E-state index in [9.17, 15) is 14.0 Å². The lowest BCUT2D eigenvalue weighted by atomic mass is 10.1. The number of hydrogen-bond donors (Lipinski definition) is 0. The van der Waals surface area contributed by atoms with Crippen LogP contribution in [0.25, 0.3) is 0 Å². The third-order valence-corrected chi connectivity index (χ3v) is 2.65. The van der Waals surface area contributed by atoms with E-state index in [4.69, 9.17) is 4.74 Å². The molecule has 0 fully saturated rings. The lowest BCUT2D eigenvalue weighted by Crippen LogP contribution is -2.31. The van der Waals surface area contributed by atoms with E-state index in [1.807, 2.05) is 0 Å². The molecule has 0 unspecified atom stereocenters. The molecular weight excluding hydrogens is 249 g/mol. The first-order chi connectivity index (χ1) is 9.02. The zero-order valence-electron chi connectivity index (χ0n) is 11.2. The van der Waals surface area contributed by atoms with Crippen molar-refractivity contribution in [3.63, 3.8) is 0 Å². The van der Waals surface area contributed by atoms with Gasteiger partial charge in [0.25, 0.3) is 0 Å². The van der Waals surface area contributed by atoms with Crippen LogP contribution in [0, 0.1) is 5.82 Å². The summed E-state index contributed by atoms with van der Waals surface area (Å²) >= 11 is 0. The second kappa shape index (κ2) is 7.51. The molecule has 1 aromatic rings. The molecule has 0 bridgehead atoms.